The van der Waals surface area contributed by atoms with Gasteiger partial charge in [-0.15, -0.1) is 0 Å². The number of anilines is 1. The van der Waals surface area contributed by atoms with Crippen LogP contribution >= 0.6 is 23.2 Å². The molecule has 7 nitrogen and oxygen atoms in total. The molecule has 0 bridgehead atoms. The molecule has 46 heavy (non-hydrogen) atoms. The zero-order valence-corrected chi connectivity index (χ0v) is 27.9. The molecule has 1 fully saturated rings. The van der Waals surface area contributed by atoms with E-state index in [9.17, 15) is 18.0 Å². The minimum Gasteiger partial charge on any atom is -0.352 e. The molecular formula is C36H37Cl2N3O4S. The first-order chi connectivity index (χ1) is 22.1. The molecule has 5 rings (SSSR count). The highest BCUT2D eigenvalue weighted by atomic mass is 35.5. The number of sulfonamides is 1. The number of carbonyl (C=O) groups is 2. The van der Waals surface area contributed by atoms with Crippen LogP contribution in [0.5, 0.6) is 0 Å². The molecule has 1 aliphatic carbocycles. The maximum absolute atomic E-state index is 14.6. The second-order valence-electron chi connectivity index (χ2n) is 11.6. The van der Waals surface area contributed by atoms with Crippen LogP contribution < -0.4 is 9.62 Å². The summed E-state index contributed by atoms with van der Waals surface area (Å²) in [5.41, 5.74) is 2.81. The summed E-state index contributed by atoms with van der Waals surface area (Å²) >= 11 is 12.9. The molecule has 0 saturated heterocycles. The summed E-state index contributed by atoms with van der Waals surface area (Å²) in [6.45, 7) is 1.46. The third kappa shape index (κ3) is 8.10. The topological polar surface area (TPSA) is 86.8 Å². The lowest BCUT2D eigenvalue weighted by atomic mass is 10.0. The molecule has 0 radical (unpaired) electrons. The number of aryl methyl sites for hydroxylation is 1. The van der Waals surface area contributed by atoms with Crippen LogP contribution in [-0.4, -0.2) is 43.8 Å². The van der Waals surface area contributed by atoms with Crippen LogP contribution in [0.15, 0.2) is 108 Å². The molecule has 0 aromatic heterocycles. The number of hydrogen-bond donors (Lipinski definition) is 1. The van der Waals surface area contributed by atoms with Gasteiger partial charge in [-0.1, -0.05) is 120 Å². The molecule has 0 aliphatic heterocycles. The Hall–Kier alpha value is -3.85. The van der Waals surface area contributed by atoms with Gasteiger partial charge in [-0.2, -0.15) is 0 Å². The number of nitrogens with zero attached hydrogens (tertiary/aromatic N) is 2. The second kappa shape index (κ2) is 15.2. The highest BCUT2D eigenvalue weighted by Crippen LogP contribution is 2.35. The predicted octanol–water partition coefficient (Wildman–Crippen LogP) is 7.20. The summed E-state index contributed by atoms with van der Waals surface area (Å²) in [6.07, 6.45) is 4.08. The van der Waals surface area contributed by atoms with E-state index in [4.69, 9.17) is 23.2 Å². The standard InChI is InChI=1S/C36H37Cl2N3O4S/c1-26-19-21-28(22-20-26)24-40(33(23-27-11-4-2-5-12-27)36(43)39-29-13-8-9-14-29)34(42)25-41(32-18-10-17-31(37)35(32)38)46(44,45)30-15-6-3-7-16-30/h2-7,10-12,15-22,29,33H,8-9,13-14,23-25H2,1H3,(H,39,43). The maximum atomic E-state index is 14.6. The minimum absolute atomic E-state index is 0.00127. The van der Waals surface area contributed by atoms with Crippen LogP contribution in [0.1, 0.15) is 42.4 Å². The highest BCUT2D eigenvalue weighted by molar-refractivity contribution is 7.92. The van der Waals surface area contributed by atoms with E-state index < -0.39 is 28.5 Å². The van der Waals surface area contributed by atoms with Gasteiger partial charge in [0.25, 0.3) is 10.0 Å². The highest BCUT2D eigenvalue weighted by Gasteiger charge is 2.36. The van der Waals surface area contributed by atoms with Gasteiger partial charge in [0.1, 0.15) is 12.6 Å². The molecule has 1 saturated carbocycles. The van der Waals surface area contributed by atoms with Crippen molar-refractivity contribution in [2.24, 2.45) is 0 Å². The normalized spacial score (nSPS) is 14.1. The van der Waals surface area contributed by atoms with Crippen molar-refractivity contribution < 1.29 is 18.0 Å². The number of nitrogens with one attached hydrogen (secondary N) is 1. The summed E-state index contributed by atoms with van der Waals surface area (Å²) in [7, 11) is -4.28. The zero-order valence-electron chi connectivity index (χ0n) is 25.6. The fraction of sp³-hybridized carbons (Fsp3) is 0.278. The lowest BCUT2D eigenvalue weighted by Gasteiger charge is -2.34. The number of benzene rings is 4. The molecule has 1 aliphatic rings. The zero-order chi connectivity index (χ0) is 32.7. The molecule has 0 spiro atoms. The van der Waals surface area contributed by atoms with E-state index >= 15 is 0 Å². The average Bonchev–Trinajstić information content (AvgIpc) is 3.57. The van der Waals surface area contributed by atoms with Crippen molar-refractivity contribution in [1.29, 1.82) is 0 Å². The minimum atomic E-state index is -4.28. The van der Waals surface area contributed by atoms with Gasteiger partial charge < -0.3 is 10.2 Å². The van der Waals surface area contributed by atoms with Crippen LogP contribution in [0.2, 0.25) is 10.0 Å². The molecule has 240 valence electrons. The van der Waals surface area contributed by atoms with Gasteiger partial charge in [0.05, 0.1) is 20.6 Å². The lowest BCUT2D eigenvalue weighted by Crippen LogP contribution is -2.54. The van der Waals surface area contributed by atoms with Crippen molar-refractivity contribution in [1.82, 2.24) is 10.2 Å². The van der Waals surface area contributed by atoms with Gasteiger partial charge in [0.15, 0.2) is 0 Å². The molecule has 1 N–H and O–H groups in total. The second-order valence-corrected chi connectivity index (χ2v) is 14.2. The predicted molar refractivity (Wildman–Crippen MR) is 183 cm³/mol. The van der Waals surface area contributed by atoms with Crippen molar-refractivity contribution in [2.45, 2.75) is 62.6 Å². The van der Waals surface area contributed by atoms with Crippen LogP contribution in [0.25, 0.3) is 0 Å². The van der Waals surface area contributed by atoms with E-state index in [0.29, 0.717) is 0 Å². The Labute approximate surface area is 281 Å². The summed E-state index contributed by atoms with van der Waals surface area (Å²) in [4.78, 5) is 30.2. The SMILES string of the molecule is Cc1ccc(CN(C(=O)CN(c2cccc(Cl)c2Cl)S(=O)(=O)c2ccccc2)C(Cc2ccccc2)C(=O)NC2CCCC2)cc1. The summed E-state index contributed by atoms with van der Waals surface area (Å²) in [5.74, 6) is -0.826. The Bertz CT molecular complexity index is 1750. The number of halogens is 2. The number of amides is 2. The van der Waals surface area contributed by atoms with E-state index in [2.05, 4.69) is 5.32 Å². The fourth-order valence-electron chi connectivity index (χ4n) is 5.73. The van der Waals surface area contributed by atoms with Crippen LogP contribution in [0.4, 0.5) is 5.69 Å². The molecule has 10 heteroatoms. The molecule has 2 amide bonds. The van der Waals surface area contributed by atoms with Gasteiger partial charge in [0, 0.05) is 19.0 Å². The Morgan fingerprint density at radius 3 is 2.11 bits per heavy atom. The van der Waals surface area contributed by atoms with Crippen LogP contribution in [0, 0.1) is 6.92 Å². The van der Waals surface area contributed by atoms with Crippen molar-refractivity contribution >= 4 is 50.7 Å². The third-order valence-electron chi connectivity index (χ3n) is 8.26. The molecule has 1 unspecified atom stereocenters. The van der Waals surface area contributed by atoms with Gasteiger partial charge in [-0.25, -0.2) is 8.42 Å². The first kappa shape index (κ1) is 33.5. The average molecular weight is 679 g/mol. The number of hydrogen-bond acceptors (Lipinski definition) is 4. The maximum Gasteiger partial charge on any atom is 0.264 e. The third-order valence-corrected chi connectivity index (χ3v) is 10.8. The van der Waals surface area contributed by atoms with E-state index in [-0.39, 0.29) is 45.5 Å². The lowest BCUT2D eigenvalue weighted by molar-refractivity contribution is -0.140. The summed E-state index contributed by atoms with van der Waals surface area (Å²) < 4.78 is 29.3. The molecule has 4 aromatic rings. The van der Waals surface area contributed by atoms with E-state index in [0.717, 1.165) is 46.7 Å². The first-order valence-corrected chi connectivity index (χ1v) is 17.5. The quantitative estimate of drug-likeness (QED) is 0.172. The Morgan fingerprint density at radius 1 is 0.826 bits per heavy atom. The largest absolute Gasteiger partial charge is 0.352 e. The van der Waals surface area contributed by atoms with Gasteiger partial charge in [-0.05, 0) is 55.2 Å². The Kier molecular flexibility index (Phi) is 11.0. The van der Waals surface area contributed by atoms with Gasteiger partial charge in [-0.3, -0.25) is 13.9 Å². The van der Waals surface area contributed by atoms with Crippen molar-refractivity contribution in [3.8, 4) is 0 Å². The Balaban J connectivity index is 1.58. The monoisotopic (exact) mass is 677 g/mol. The number of rotatable bonds is 12. The molecule has 0 heterocycles. The smallest absolute Gasteiger partial charge is 0.264 e. The van der Waals surface area contributed by atoms with E-state index in [1.807, 2.05) is 61.5 Å². The van der Waals surface area contributed by atoms with Crippen molar-refractivity contribution in [3.63, 3.8) is 0 Å². The van der Waals surface area contributed by atoms with E-state index in [1.54, 1.807) is 30.3 Å². The van der Waals surface area contributed by atoms with Crippen molar-refractivity contribution in [3.05, 3.63) is 130 Å². The number of carbonyl (C=O) groups excluding carboxylic acids is 2. The summed E-state index contributed by atoms with van der Waals surface area (Å²) in [6, 6.07) is 28.9. The van der Waals surface area contributed by atoms with Crippen LogP contribution in [-0.2, 0) is 32.6 Å². The van der Waals surface area contributed by atoms with E-state index in [1.165, 1.54) is 23.1 Å². The molecule has 1 atom stereocenters. The molecular weight excluding hydrogens is 641 g/mol. The first-order valence-electron chi connectivity index (χ1n) is 15.3. The fourth-order valence-corrected chi connectivity index (χ4v) is 7.62. The van der Waals surface area contributed by atoms with Gasteiger partial charge >= 0.3 is 0 Å². The van der Waals surface area contributed by atoms with Crippen LogP contribution in [0.3, 0.4) is 0 Å². The van der Waals surface area contributed by atoms with Crippen molar-refractivity contribution in [2.75, 3.05) is 10.8 Å². The van der Waals surface area contributed by atoms with Gasteiger partial charge in [0.2, 0.25) is 11.8 Å². The molecule has 4 aromatic carbocycles. The Morgan fingerprint density at radius 2 is 1.46 bits per heavy atom. The summed E-state index contributed by atoms with van der Waals surface area (Å²) in [5, 5.41) is 3.33.